The number of carbonyl (C=O) groups is 2. The van der Waals surface area contributed by atoms with Crippen molar-refractivity contribution in [3.63, 3.8) is 0 Å². The smallest absolute Gasteiger partial charge is 0.359 e. The van der Waals surface area contributed by atoms with Crippen molar-refractivity contribution in [3.8, 4) is 11.5 Å². The van der Waals surface area contributed by atoms with Gasteiger partial charge in [0.05, 0.1) is 19.8 Å². The van der Waals surface area contributed by atoms with Crippen LogP contribution in [0.3, 0.4) is 0 Å². The lowest BCUT2D eigenvalue weighted by atomic mass is 9.94. The maximum Gasteiger partial charge on any atom is 0.359 e. The van der Waals surface area contributed by atoms with Gasteiger partial charge in [-0.05, 0) is 36.8 Å². The van der Waals surface area contributed by atoms with E-state index in [4.69, 9.17) is 13.9 Å². The van der Waals surface area contributed by atoms with Gasteiger partial charge in [-0.1, -0.05) is 6.07 Å². The van der Waals surface area contributed by atoms with Crippen LogP contribution in [-0.2, 0) is 4.79 Å². The number of fused-ring (bicyclic) bond motifs is 1. The number of aryl methyl sites for hydroxylation is 1. The number of aliphatic carboxylic acids is 1. The van der Waals surface area contributed by atoms with Gasteiger partial charge in [0.2, 0.25) is 0 Å². The van der Waals surface area contributed by atoms with E-state index in [1.54, 1.807) is 18.2 Å². The van der Waals surface area contributed by atoms with E-state index in [1.807, 2.05) is 6.92 Å². The third-order valence-corrected chi connectivity index (χ3v) is 4.22. The summed E-state index contributed by atoms with van der Waals surface area (Å²) in [4.78, 5) is 41.4. The first kappa shape index (κ1) is 19.1. The van der Waals surface area contributed by atoms with E-state index in [0.717, 1.165) is 5.56 Å². The molecule has 3 aromatic rings. The normalized spacial score (nSPS) is 11.8. The lowest BCUT2D eigenvalue weighted by molar-refractivity contribution is -0.137. The number of carbonyl (C=O) groups excluding carboxylic acids is 1. The van der Waals surface area contributed by atoms with Gasteiger partial charge in [0.1, 0.15) is 22.7 Å². The first-order valence-corrected chi connectivity index (χ1v) is 8.26. The van der Waals surface area contributed by atoms with Gasteiger partial charge in [-0.15, -0.1) is 0 Å². The Labute approximate surface area is 159 Å². The summed E-state index contributed by atoms with van der Waals surface area (Å²) in [6.07, 6.45) is 0. The van der Waals surface area contributed by atoms with E-state index in [2.05, 4.69) is 4.98 Å². The molecule has 1 heterocycles. The third-order valence-electron chi connectivity index (χ3n) is 4.22. The van der Waals surface area contributed by atoms with Crippen molar-refractivity contribution >= 4 is 22.9 Å². The van der Waals surface area contributed by atoms with Gasteiger partial charge in [-0.25, -0.2) is 9.78 Å². The average molecular weight is 383 g/mol. The molecule has 0 saturated carbocycles. The largest absolute Gasteiger partial charge is 0.497 e. The predicted molar refractivity (Wildman–Crippen MR) is 99.3 cm³/mol. The van der Waals surface area contributed by atoms with Crippen LogP contribution in [0.2, 0.25) is 0 Å². The molecular weight excluding hydrogens is 366 g/mol. The highest BCUT2D eigenvalue weighted by molar-refractivity contribution is 6.13. The number of ether oxygens (including phenoxy) is 2. The Balaban J connectivity index is 2.16. The molecule has 28 heavy (non-hydrogen) atoms. The highest BCUT2D eigenvalue weighted by atomic mass is 16.5. The molecule has 1 N–H and O–H groups in total. The first-order chi connectivity index (χ1) is 13.3. The summed E-state index contributed by atoms with van der Waals surface area (Å²) in [5.74, 6) is -3.66. The van der Waals surface area contributed by atoms with Gasteiger partial charge in [0, 0.05) is 6.07 Å². The van der Waals surface area contributed by atoms with Crippen LogP contribution in [0, 0.1) is 6.92 Å². The predicted octanol–water partition coefficient (Wildman–Crippen LogP) is 2.56. The molecule has 0 fully saturated rings. The molecule has 0 radical (unpaired) electrons. The van der Waals surface area contributed by atoms with Crippen LogP contribution in [0.25, 0.3) is 11.1 Å². The number of ketones is 1. The van der Waals surface area contributed by atoms with E-state index in [0.29, 0.717) is 5.75 Å². The van der Waals surface area contributed by atoms with Crippen LogP contribution < -0.4 is 15.1 Å². The van der Waals surface area contributed by atoms with E-state index in [9.17, 15) is 19.5 Å². The Kier molecular flexibility index (Phi) is 5.12. The summed E-state index contributed by atoms with van der Waals surface area (Å²) < 4.78 is 15.4. The maximum atomic E-state index is 13.0. The van der Waals surface area contributed by atoms with Crippen LogP contribution >= 0.6 is 0 Å². The second-order valence-corrected chi connectivity index (χ2v) is 6.06. The minimum Gasteiger partial charge on any atom is -0.497 e. The Morgan fingerprint density at radius 1 is 1.11 bits per heavy atom. The van der Waals surface area contributed by atoms with Crippen molar-refractivity contribution in [1.29, 1.82) is 0 Å². The Morgan fingerprint density at radius 3 is 2.50 bits per heavy atom. The molecular formula is C20H17NO7. The van der Waals surface area contributed by atoms with Gasteiger partial charge in [-0.3, -0.25) is 9.59 Å². The minimum absolute atomic E-state index is 0.0127. The number of carboxylic acids is 1. The van der Waals surface area contributed by atoms with Crippen molar-refractivity contribution < 1.29 is 28.6 Å². The van der Waals surface area contributed by atoms with Crippen LogP contribution in [0.4, 0.5) is 0 Å². The molecule has 1 atom stereocenters. The monoisotopic (exact) mass is 383 g/mol. The first-order valence-electron chi connectivity index (χ1n) is 8.26. The van der Waals surface area contributed by atoms with Crippen molar-refractivity contribution in [2.45, 2.75) is 12.8 Å². The van der Waals surface area contributed by atoms with Crippen molar-refractivity contribution in [1.82, 2.24) is 4.98 Å². The molecule has 0 saturated heterocycles. The summed E-state index contributed by atoms with van der Waals surface area (Å²) >= 11 is 0. The number of Topliss-reactive ketones (excluding diaryl/α,β-unsaturated/α-hetero) is 1. The molecule has 0 aliphatic rings. The molecule has 0 aliphatic carbocycles. The Hall–Kier alpha value is -3.68. The molecule has 8 heteroatoms. The molecule has 3 rings (SSSR count). The molecule has 0 bridgehead atoms. The highest BCUT2D eigenvalue weighted by Crippen LogP contribution is 2.29. The molecule has 1 unspecified atom stereocenters. The van der Waals surface area contributed by atoms with Crippen molar-refractivity contribution in [2.24, 2.45) is 0 Å². The summed E-state index contributed by atoms with van der Waals surface area (Å²) in [5.41, 5.74) is -0.151. The number of carboxylic acid groups (broad SMARTS) is 1. The number of nitrogens with zero attached hydrogens (tertiary/aromatic N) is 1. The standard InChI is InChI=1S/C20H17NO7/c1-10-4-7-14-13(8-10)21-17(20(25)28-14)16(19(23)24)18(22)12-6-5-11(26-2)9-15(12)27-3/h4-9,16H,1-3H3,(H,23,24). The van der Waals surface area contributed by atoms with Crippen molar-refractivity contribution in [3.05, 3.63) is 63.6 Å². The van der Waals surface area contributed by atoms with Crippen molar-refractivity contribution in [2.75, 3.05) is 14.2 Å². The molecule has 0 spiro atoms. The minimum atomic E-state index is -1.84. The molecule has 0 amide bonds. The van der Waals surface area contributed by atoms with E-state index in [1.165, 1.54) is 32.4 Å². The van der Waals surface area contributed by atoms with Crippen LogP contribution in [0.15, 0.2) is 45.6 Å². The number of hydrogen-bond acceptors (Lipinski definition) is 7. The molecule has 144 valence electrons. The van der Waals surface area contributed by atoms with Gasteiger partial charge >= 0.3 is 11.6 Å². The molecule has 8 nitrogen and oxygen atoms in total. The summed E-state index contributed by atoms with van der Waals surface area (Å²) in [6.45, 7) is 1.81. The molecule has 0 aliphatic heterocycles. The van der Waals surface area contributed by atoms with E-state index in [-0.39, 0.29) is 22.4 Å². The van der Waals surface area contributed by atoms with Crippen LogP contribution in [0.5, 0.6) is 11.5 Å². The number of methoxy groups -OCH3 is 2. The Bertz CT molecular complexity index is 1130. The quantitative estimate of drug-likeness (QED) is 0.510. The second kappa shape index (κ2) is 7.51. The maximum absolute atomic E-state index is 13.0. The SMILES string of the molecule is COc1ccc(C(=O)C(C(=O)O)c2nc3cc(C)ccc3oc2=O)c(OC)c1. The number of hydrogen-bond donors (Lipinski definition) is 1. The lowest BCUT2D eigenvalue weighted by Gasteiger charge is -2.14. The molecule has 2 aromatic carbocycles. The number of rotatable bonds is 6. The average Bonchev–Trinajstić information content (AvgIpc) is 2.67. The highest BCUT2D eigenvalue weighted by Gasteiger charge is 2.35. The molecule has 1 aromatic heterocycles. The van der Waals surface area contributed by atoms with Crippen LogP contribution in [0.1, 0.15) is 27.5 Å². The number of aromatic nitrogens is 1. The fraction of sp³-hybridized carbons (Fsp3) is 0.200. The summed E-state index contributed by atoms with van der Waals surface area (Å²) in [6, 6.07) is 9.25. The van der Waals surface area contributed by atoms with E-state index < -0.39 is 29.0 Å². The van der Waals surface area contributed by atoms with E-state index >= 15 is 0 Å². The third kappa shape index (κ3) is 3.44. The fourth-order valence-corrected chi connectivity index (χ4v) is 2.82. The topological polar surface area (TPSA) is 116 Å². The zero-order valence-electron chi connectivity index (χ0n) is 15.4. The van der Waals surface area contributed by atoms with Gasteiger partial charge in [-0.2, -0.15) is 0 Å². The summed E-state index contributed by atoms with van der Waals surface area (Å²) in [5, 5.41) is 9.67. The van der Waals surface area contributed by atoms with Gasteiger partial charge in [0.15, 0.2) is 17.3 Å². The number of benzene rings is 2. The van der Waals surface area contributed by atoms with Crippen LogP contribution in [-0.4, -0.2) is 36.1 Å². The summed E-state index contributed by atoms with van der Waals surface area (Å²) in [7, 11) is 2.79. The lowest BCUT2D eigenvalue weighted by Crippen LogP contribution is -2.28. The fourth-order valence-electron chi connectivity index (χ4n) is 2.82. The Morgan fingerprint density at radius 2 is 1.86 bits per heavy atom. The second-order valence-electron chi connectivity index (χ2n) is 6.06. The zero-order valence-corrected chi connectivity index (χ0v) is 15.4. The van der Waals surface area contributed by atoms with Gasteiger partial charge in [0.25, 0.3) is 0 Å². The zero-order chi connectivity index (χ0) is 20.4. The van der Waals surface area contributed by atoms with Gasteiger partial charge < -0.3 is 19.0 Å².